The highest BCUT2D eigenvalue weighted by Crippen LogP contribution is 2.29. The van der Waals surface area contributed by atoms with Crippen molar-refractivity contribution in [3.05, 3.63) is 35.4 Å². The number of benzene rings is 1. The predicted octanol–water partition coefficient (Wildman–Crippen LogP) is 2.89. The lowest BCUT2D eigenvalue weighted by atomic mass is 9.90. The van der Waals surface area contributed by atoms with Crippen molar-refractivity contribution in [2.45, 2.75) is 44.2 Å². The van der Waals surface area contributed by atoms with Gasteiger partial charge in [0.15, 0.2) is 0 Å². The molecule has 20 heavy (non-hydrogen) atoms. The fraction of sp³-hybridized carbons (Fsp3) is 0.533. The van der Waals surface area contributed by atoms with E-state index in [0.717, 1.165) is 37.8 Å². The summed E-state index contributed by atoms with van der Waals surface area (Å²) in [4.78, 5) is 12.1. The second-order valence-corrected chi connectivity index (χ2v) is 5.37. The van der Waals surface area contributed by atoms with Gasteiger partial charge < -0.3 is 4.74 Å². The van der Waals surface area contributed by atoms with Crippen LogP contribution in [0.5, 0.6) is 0 Å². The quantitative estimate of drug-likeness (QED) is 0.864. The van der Waals surface area contributed by atoms with Crippen LogP contribution in [0.3, 0.4) is 0 Å². The van der Waals surface area contributed by atoms with Gasteiger partial charge in [0.25, 0.3) is 0 Å². The van der Waals surface area contributed by atoms with Crippen molar-refractivity contribution in [3.63, 3.8) is 0 Å². The molecule has 1 atom stereocenters. The van der Waals surface area contributed by atoms with Crippen LogP contribution in [0.4, 0.5) is 8.78 Å². The van der Waals surface area contributed by atoms with Crippen molar-refractivity contribution in [2.75, 3.05) is 7.11 Å². The fourth-order valence-corrected chi connectivity index (χ4v) is 2.82. The highest BCUT2D eigenvalue weighted by molar-refractivity contribution is 5.82. The average molecular weight is 283 g/mol. The maximum absolute atomic E-state index is 14.0. The SMILES string of the molecule is COC(=O)C(C)(NC1CCCC1)c1ccc(F)cc1F. The van der Waals surface area contributed by atoms with Gasteiger partial charge in [-0.3, -0.25) is 5.32 Å². The van der Waals surface area contributed by atoms with Crippen molar-refractivity contribution in [1.29, 1.82) is 0 Å². The first-order valence-electron chi connectivity index (χ1n) is 6.79. The molecule has 0 heterocycles. The predicted molar refractivity (Wildman–Crippen MR) is 71.1 cm³/mol. The maximum atomic E-state index is 14.0. The minimum absolute atomic E-state index is 0.109. The van der Waals surface area contributed by atoms with Crippen LogP contribution in [0.15, 0.2) is 18.2 Å². The standard InChI is InChI=1S/C15H19F2NO2/c1-15(14(19)20-2,18-11-5-3-4-6-11)12-8-7-10(16)9-13(12)17/h7-9,11,18H,3-6H2,1-2H3. The number of nitrogens with one attached hydrogen (secondary N) is 1. The summed E-state index contributed by atoms with van der Waals surface area (Å²) >= 11 is 0. The Labute approximate surface area is 117 Å². The van der Waals surface area contributed by atoms with E-state index in [-0.39, 0.29) is 11.6 Å². The molecule has 1 aromatic rings. The van der Waals surface area contributed by atoms with Crippen LogP contribution in [-0.2, 0) is 15.1 Å². The van der Waals surface area contributed by atoms with E-state index in [1.54, 1.807) is 6.92 Å². The summed E-state index contributed by atoms with van der Waals surface area (Å²) in [5, 5.41) is 3.18. The van der Waals surface area contributed by atoms with Gasteiger partial charge in [0.2, 0.25) is 0 Å². The molecule has 1 N–H and O–H groups in total. The Morgan fingerprint density at radius 2 is 2.00 bits per heavy atom. The Balaban J connectivity index is 2.37. The minimum Gasteiger partial charge on any atom is -0.467 e. The summed E-state index contributed by atoms with van der Waals surface area (Å²) < 4.78 is 31.9. The van der Waals surface area contributed by atoms with E-state index in [1.807, 2.05) is 0 Å². The number of carbonyl (C=O) groups is 1. The Kier molecular flexibility index (Phi) is 4.38. The first kappa shape index (κ1) is 14.9. The van der Waals surface area contributed by atoms with E-state index in [0.29, 0.717) is 0 Å². The van der Waals surface area contributed by atoms with Gasteiger partial charge in [0.05, 0.1) is 7.11 Å². The second-order valence-electron chi connectivity index (χ2n) is 5.37. The van der Waals surface area contributed by atoms with Gasteiger partial charge in [-0.15, -0.1) is 0 Å². The molecular weight excluding hydrogens is 264 g/mol. The van der Waals surface area contributed by atoms with E-state index in [2.05, 4.69) is 5.32 Å². The first-order valence-corrected chi connectivity index (χ1v) is 6.79. The smallest absolute Gasteiger partial charge is 0.330 e. The summed E-state index contributed by atoms with van der Waals surface area (Å²) in [5.41, 5.74) is -1.20. The molecular formula is C15H19F2NO2. The summed E-state index contributed by atoms with van der Waals surface area (Å²) in [6.07, 6.45) is 4.05. The number of rotatable bonds is 4. The number of hydrogen-bond acceptors (Lipinski definition) is 3. The summed E-state index contributed by atoms with van der Waals surface area (Å²) in [7, 11) is 1.26. The highest BCUT2D eigenvalue weighted by atomic mass is 19.1. The molecule has 0 bridgehead atoms. The number of halogens is 2. The molecule has 5 heteroatoms. The van der Waals surface area contributed by atoms with Gasteiger partial charge >= 0.3 is 5.97 Å². The molecule has 1 saturated carbocycles. The number of ether oxygens (including phenoxy) is 1. The Morgan fingerprint density at radius 1 is 1.35 bits per heavy atom. The van der Waals surface area contributed by atoms with Crippen LogP contribution in [0.2, 0.25) is 0 Å². The highest BCUT2D eigenvalue weighted by Gasteiger charge is 2.40. The molecule has 0 saturated heterocycles. The van der Waals surface area contributed by atoms with Crippen LogP contribution < -0.4 is 5.32 Å². The van der Waals surface area contributed by atoms with E-state index in [1.165, 1.54) is 13.2 Å². The zero-order chi connectivity index (χ0) is 14.8. The maximum Gasteiger partial charge on any atom is 0.330 e. The molecule has 1 aliphatic carbocycles. The zero-order valence-electron chi connectivity index (χ0n) is 11.7. The van der Waals surface area contributed by atoms with Crippen molar-refractivity contribution in [2.24, 2.45) is 0 Å². The number of carbonyl (C=O) groups excluding carboxylic acids is 1. The van der Waals surface area contributed by atoms with E-state index in [4.69, 9.17) is 4.74 Å². The second kappa shape index (κ2) is 5.87. The van der Waals surface area contributed by atoms with Crippen molar-refractivity contribution in [3.8, 4) is 0 Å². The first-order chi connectivity index (χ1) is 9.47. The topological polar surface area (TPSA) is 38.3 Å². The van der Waals surface area contributed by atoms with Crippen LogP contribution in [0, 0.1) is 11.6 Å². The lowest BCUT2D eigenvalue weighted by Gasteiger charge is -2.32. The van der Waals surface area contributed by atoms with Gasteiger partial charge in [-0.2, -0.15) is 0 Å². The van der Waals surface area contributed by atoms with E-state index in [9.17, 15) is 13.6 Å². The Morgan fingerprint density at radius 3 is 2.55 bits per heavy atom. The lowest BCUT2D eigenvalue weighted by Crippen LogP contribution is -2.51. The molecule has 0 aromatic heterocycles. The molecule has 0 spiro atoms. The van der Waals surface area contributed by atoms with Gasteiger partial charge in [-0.05, 0) is 25.8 Å². The van der Waals surface area contributed by atoms with Crippen molar-refractivity contribution < 1.29 is 18.3 Å². The van der Waals surface area contributed by atoms with Crippen molar-refractivity contribution in [1.82, 2.24) is 5.32 Å². The lowest BCUT2D eigenvalue weighted by molar-refractivity contribution is -0.149. The largest absolute Gasteiger partial charge is 0.467 e. The molecule has 2 rings (SSSR count). The molecule has 1 fully saturated rings. The third-order valence-electron chi connectivity index (χ3n) is 3.91. The monoisotopic (exact) mass is 283 g/mol. The number of methoxy groups -OCH3 is 1. The zero-order valence-corrected chi connectivity index (χ0v) is 11.7. The number of hydrogen-bond donors (Lipinski definition) is 1. The number of esters is 1. The van der Waals surface area contributed by atoms with E-state index < -0.39 is 23.1 Å². The summed E-state index contributed by atoms with van der Waals surface area (Å²) in [6.45, 7) is 1.58. The molecule has 1 aromatic carbocycles. The van der Waals surface area contributed by atoms with Crippen LogP contribution in [0.1, 0.15) is 38.2 Å². The Bertz CT molecular complexity index is 501. The van der Waals surface area contributed by atoms with Crippen LogP contribution >= 0.6 is 0 Å². The minimum atomic E-state index is -1.30. The molecule has 0 amide bonds. The molecule has 0 radical (unpaired) electrons. The summed E-state index contributed by atoms with van der Waals surface area (Å²) in [6, 6.07) is 3.37. The third-order valence-corrected chi connectivity index (χ3v) is 3.91. The normalized spacial score (nSPS) is 18.8. The molecule has 110 valence electrons. The van der Waals surface area contributed by atoms with Crippen LogP contribution in [-0.4, -0.2) is 19.1 Å². The average Bonchev–Trinajstić information content (AvgIpc) is 2.90. The third kappa shape index (κ3) is 2.82. The van der Waals surface area contributed by atoms with E-state index >= 15 is 0 Å². The van der Waals surface area contributed by atoms with Crippen LogP contribution in [0.25, 0.3) is 0 Å². The summed E-state index contributed by atoms with van der Waals surface area (Å²) in [5.74, 6) is -1.99. The molecule has 3 nitrogen and oxygen atoms in total. The van der Waals surface area contributed by atoms with Gasteiger partial charge in [-0.1, -0.05) is 18.9 Å². The van der Waals surface area contributed by atoms with Gasteiger partial charge in [-0.25, -0.2) is 13.6 Å². The fourth-order valence-electron chi connectivity index (χ4n) is 2.82. The Hall–Kier alpha value is -1.49. The van der Waals surface area contributed by atoms with Gasteiger partial charge in [0.1, 0.15) is 17.2 Å². The molecule has 0 aliphatic heterocycles. The molecule has 1 aliphatic rings. The van der Waals surface area contributed by atoms with Crippen molar-refractivity contribution >= 4 is 5.97 Å². The van der Waals surface area contributed by atoms with Gasteiger partial charge in [0, 0.05) is 17.7 Å². The molecule has 1 unspecified atom stereocenters.